The van der Waals surface area contributed by atoms with E-state index in [4.69, 9.17) is 0 Å². The maximum absolute atomic E-state index is 14.4. The topological polar surface area (TPSA) is 12.0 Å². The van der Waals surface area contributed by atoms with Crippen LogP contribution >= 0.6 is 0 Å². The molecule has 2 heterocycles. The zero-order valence-electron chi connectivity index (χ0n) is 9.72. The Balaban J connectivity index is 1.71. The van der Waals surface area contributed by atoms with Crippen molar-refractivity contribution in [1.82, 2.24) is 5.32 Å². The molecule has 3 fully saturated rings. The molecule has 2 unspecified atom stereocenters. The summed E-state index contributed by atoms with van der Waals surface area (Å²) in [4.78, 5) is 0. The number of hydrogen-bond donors (Lipinski definition) is 1. The first kappa shape index (κ1) is 10.9. The van der Waals surface area contributed by atoms with Crippen LogP contribution in [0.15, 0.2) is 0 Å². The Hall–Kier alpha value is -0.180. The lowest BCUT2D eigenvalue weighted by atomic mass is 9.80. The second kappa shape index (κ2) is 3.94. The first-order valence-corrected chi connectivity index (χ1v) is 6.80. The van der Waals surface area contributed by atoms with Gasteiger partial charge in [-0.25, -0.2) is 8.78 Å². The molecule has 0 amide bonds. The number of rotatable bonds is 2. The van der Waals surface area contributed by atoms with Gasteiger partial charge in [0.2, 0.25) is 0 Å². The number of hydrogen-bond acceptors (Lipinski definition) is 1. The van der Waals surface area contributed by atoms with Gasteiger partial charge in [0.05, 0.1) is 0 Å². The smallest absolute Gasteiger partial charge is 0.253 e. The minimum absolute atomic E-state index is 0.310. The number of alkyl halides is 2. The molecule has 2 saturated heterocycles. The molecule has 1 aliphatic carbocycles. The summed E-state index contributed by atoms with van der Waals surface area (Å²) in [5.41, 5.74) is 0. The lowest BCUT2D eigenvalue weighted by molar-refractivity contribution is -0.119. The summed E-state index contributed by atoms with van der Waals surface area (Å²) >= 11 is 0. The Morgan fingerprint density at radius 2 is 1.38 bits per heavy atom. The molecular weight excluding hydrogens is 208 g/mol. The zero-order valence-corrected chi connectivity index (χ0v) is 9.72. The van der Waals surface area contributed by atoms with Crippen molar-refractivity contribution in [3.63, 3.8) is 0 Å². The first-order valence-electron chi connectivity index (χ1n) is 6.80. The predicted molar refractivity (Wildman–Crippen MR) is 59.6 cm³/mol. The van der Waals surface area contributed by atoms with Crippen molar-refractivity contribution >= 4 is 0 Å². The van der Waals surface area contributed by atoms with E-state index in [1.165, 1.54) is 0 Å². The fourth-order valence-corrected chi connectivity index (χ4v) is 4.02. The van der Waals surface area contributed by atoms with Gasteiger partial charge < -0.3 is 5.32 Å². The normalized spacial score (nSPS) is 40.5. The van der Waals surface area contributed by atoms with Crippen LogP contribution < -0.4 is 5.32 Å². The summed E-state index contributed by atoms with van der Waals surface area (Å²) < 4.78 is 28.7. The fraction of sp³-hybridized carbons (Fsp3) is 1.00. The summed E-state index contributed by atoms with van der Waals surface area (Å²) in [5, 5.41) is 3.45. The predicted octanol–water partition coefficient (Wildman–Crippen LogP) is 3.34. The third-order valence-electron chi connectivity index (χ3n) is 4.92. The minimum atomic E-state index is -2.39. The molecule has 1 saturated carbocycles. The average molecular weight is 229 g/mol. The second-order valence-corrected chi connectivity index (χ2v) is 5.96. The lowest BCUT2D eigenvalue weighted by Gasteiger charge is -2.37. The van der Waals surface area contributed by atoms with Gasteiger partial charge >= 0.3 is 0 Å². The van der Waals surface area contributed by atoms with Crippen molar-refractivity contribution < 1.29 is 8.78 Å². The van der Waals surface area contributed by atoms with Gasteiger partial charge in [0, 0.05) is 23.9 Å². The molecule has 16 heavy (non-hydrogen) atoms. The maximum Gasteiger partial charge on any atom is 0.253 e. The van der Waals surface area contributed by atoms with Gasteiger partial charge in [-0.05, 0) is 38.5 Å². The first-order chi connectivity index (χ1) is 7.66. The number of fused-ring (bicyclic) bond motifs is 2. The van der Waals surface area contributed by atoms with Crippen molar-refractivity contribution in [3.8, 4) is 0 Å². The Morgan fingerprint density at radius 3 is 1.94 bits per heavy atom. The van der Waals surface area contributed by atoms with E-state index in [9.17, 15) is 8.78 Å². The van der Waals surface area contributed by atoms with E-state index < -0.39 is 5.92 Å². The quantitative estimate of drug-likeness (QED) is 0.765. The highest BCUT2D eigenvalue weighted by Crippen LogP contribution is 2.48. The van der Waals surface area contributed by atoms with Gasteiger partial charge in [-0.2, -0.15) is 0 Å². The summed E-state index contributed by atoms with van der Waals surface area (Å²) in [5.74, 6) is -3.04. The van der Waals surface area contributed by atoms with E-state index in [0.717, 1.165) is 38.5 Å². The third-order valence-corrected chi connectivity index (χ3v) is 4.92. The Bertz CT molecular complexity index is 249. The molecule has 0 aromatic rings. The van der Waals surface area contributed by atoms with E-state index in [1.807, 2.05) is 0 Å². The van der Waals surface area contributed by atoms with E-state index in [1.54, 1.807) is 0 Å². The molecule has 0 aromatic heterocycles. The molecule has 92 valence electrons. The molecule has 3 rings (SSSR count). The van der Waals surface area contributed by atoms with Gasteiger partial charge in [-0.15, -0.1) is 0 Å². The Morgan fingerprint density at radius 1 is 0.812 bits per heavy atom. The van der Waals surface area contributed by atoms with Crippen LogP contribution in [0.5, 0.6) is 0 Å². The molecule has 0 spiro atoms. The Labute approximate surface area is 96.0 Å². The fourth-order valence-electron chi connectivity index (χ4n) is 4.02. The highest BCUT2D eigenvalue weighted by Gasteiger charge is 2.51. The van der Waals surface area contributed by atoms with Crippen LogP contribution in [-0.4, -0.2) is 18.0 Å². The van der Waals surface area contributed by atoms with Crippen molar-refractivity contribution in [2.45, 2.75) is 69.4 Å². The van der Waals surface area contributed by atoms with Crippen LogP contribution in [0.25, 0.3) is 0 Å². The van der Waals surface area contributed by atoms with Crippen molar-refractivity contribution in [1.29, 1.82) is 0 Å². The van der Waals surface area contributed by atoms with Gasteiger partial charge in [-0.1, -0.05) is 12.8 Å². The molecular formula is C13H21F2N. The summed E-state index contributed by atoms with van der Waals surface area (Å²) in [6.45, 7) is 0. The summed E-state index contributed by atoms with van der Waals surface area (Å²) in [7, 11) is 0. The molecule has 0 radical (unpaired) electrons. The molecule has 2 atom stereocenters. The molecule has 2 bridgehead atoms. The largest absolute Gasteiger partial charge is 0.311 e. The molecule has 1 nitrogen and oxygen atoms in total. The number of nitrogens with one attached hydrogen (secondary N) is 1. The third kappa shape index (κ3) is 1.77. The molecule has 2 aliphatic heterocycles. The van der Waals surface area contributed by atoms with Crippen LogP contribution in [0.2, 0.25) is 0 Å². The van der Waals surface area contributed by atoms with Gasteiger partial charge in [0.15, 0.2) is 0 Å². The molecule has 3 heteroatoms. The minimum Gasteiger partial charge on any atom is -0.311 e. The maximum atomic E-state index is 14.4. The van der Waals surface area contributed by atoms with Crippen molar-refractivity contribution in [2.24, 2.45) is 11.8 Å². The second-order valence-electron chi connectivity index (χ2n) is 5.96. The number of piperidine rings is 1. The van der Waals surface area contributed by atoms with E-state index >= 15 is 0 Å². The van der Waals surface area contributed by atoms with Crippen LogP contribution in [0, 0.1) is 11.8 Å². The van der Waals surface area contributed by atoms with Crippen LogP contribution in [0.3, 0.4) is 0 Å². The molecule has 0 aromatic carbocycles. The number of halogens is 2. The monoisotopic (exact) mass is 229 g/mol. The average Bonchev–Trinajstić information content (AvgIpc) is 2.88. The molecule has 1 N–H and O–H groups in total. The van der Waals surface area contributed by atoms with Crippen LogP contribution in [-0.2, 0) is 0 Å². The van der Waals surface area contributed by atoms with Crippen LogP contribution in [0.1, 0.15) is 51.4 Å². The van der Waals surface area contributed by atoms with Crippen molar-refractivity contribution in [2.75, 3.05) is 0 Å². The zero-order chi connectivity index (χ0) is 11.2. The Kier molecular flexibility index (Phi) is 2.69. The highest BCUT2D eigenvalue weighted by molar-refractivity contribution is 4.98. The molecule has 3 aliphatic rings. The van der Waals surface area contributed by atoms with Crippen LogP contribution in [0.4, 0.5) is 8.78 Å². The highest BCUT2D eigenvalue weighted by atomic mass is 19.3. The standard InChI is InChI=1S/C13H21F2N/c14-13(15,9-3-1-2-4-9)10-7-11-5-6-12(8-10)16-11/h9-12,16H,1-8H2. The van der Waals surface area contributed by atoms with Gasteiger partial charge in [-0.3, -0.25) is 0 Å². The van der Waals surface area contributed by atoms with Gasteiger partial charge in [0.1, 0.15) is 0 Å². The van der Waals surface area contributed by atoms with E-state index in [2.05, 4.69) is 5.32 Å². The van der Waals surface area contributed by atoms with E-state index in [-0.39, 0.29) is 11.8 Å². The van der Waals surface area contributed by atoms with Gasteiger partial charge in [0.25, 0.3) is 5.92 Å². The van der Waals surface area contributed by atoms with Crippen molar-refractivity contribution in [3.05, 3.63) is 0 Å². The summed E-state index contributed by atoms with van der Waals surface area (Å²) in [6, 6.07) is 0.770. The summed E-state index contributed by atoms with van der Waals surface area (Å²) in [6.07, 6.45) is 7.18. The lowest BCUT2D eigenvalue weighted by Crippen LogP contribution is -2.46. The SMILES string of the molecule is FC(F)(C1CCCC1)C1CC2CCC(C1)N2. The van der Waals surface area contributed by atoms with E-state index in [0.29, 0.717) is 24.9 Å².